The standard InChI is InChI=1S/C8H17NO5/c1-9(2)5-7(12)6(11)4(3-10)14-8(5)13/h4-8,10-13H,3H2,1-2H3/t4-,5-,6-,7-,8?/m1/s1. The summed E-state index contributed by atoms with van der Waals surface area (Å²) < 4.78 is 4.95. The minimum Gasteiger partial charge on any atom is -0.394 e. The fourth-order valence-corrected chi connectivity index (χ4v) is 1.64. The molecule has 0 aromatic heterocycles. The molecule has 0 aromatic carbocycles. The van der Waals surface area contributed by atoms with Gasteiger partial charge in [-0.2, -0.15) is 0 Å². The van der Waals surface area contributed by atoms with Crippen LogP contribution in [0, 0.1) is 0 Å². The fourth-order valence-electron chi connectivity index (χ4n) is 1.64. The molecule has 84 valence electrons. The molecule has 6 nitrogen and oxygen atoms in total. The largest absolute Gasteiger partial charge is 0.394 e. The van der Waals surface area contributed by atoms with Crippen molar-refractivity contribution in [3.8, 4) is 0 Å². The Kier molecular flexibility index (Phi) is 3.82. The molecule has 1 aliphatic heterocycles. The minimum atomic E-state index is -1.21. The van der Waals surface area contributed by atoms with E-state index < -0.39 is 37.3 Å². The van der Waals surface area contributed by atoms with E-state index >= 15 is 0 Å². The van der Waals surface area contributed by atoms with E-state index in [0.717, 1.165) is 0 Å². The van der Waals surface area contributed by atoms with Gasteiger partial charge in [-0.15, -0.1) is 0 Å². The summed E-state index contributed by atoms with van der Waals surface area (Å²) in [5.74, 6) is 0. The van der Waals surface area contributed by atoms with E-state index in [0.29, 0.717) is 0 Å². The zero-order valence-electron chi connectivity index (χ0n) is 8.24. The van der Waals surface area contributed by atoms with Gasteiger partial charge in [0.05, 0.1) is 12.6 Å². The first kappa shape index (κ1) is 11.8. The van der Waals surface area contributed by atoms with Gasteiger partial charge < -0.3 is 25.2 Å². The van der Waals surface area contributed by atoms with Crippen molar-refractivity contribution in [1.82, 2.24) is 4.90 Å². The smallest absolute Gasteiger partial charge is 0.173 e. The van der Waals surface area contributed by atoms with Crippen molar-refractivity contribution in [2.24, 2.45) is 0 Å². The van der Waals surface area contributed by atoms with Gasteiger partial charge in [0.25, 0.3) is 0 Å². The van der Waals surface area contributed by atoms with Gasteiger partial charge in [-0.3, -0.25) is 4.90 Å². The lowest BCUT2D eigenvalue weighted by Crippen LogP contribution is -2.62. The van der Waals surface area contributed by atoms with Crippen LogP contribution in [0.2, 0.25) is 0 Å². The highest BCUT2D eigenvalue weighted by atomic mass is 16.6. The first-order chi connectivity index (χ1) is 6.49. The van der Waals surface area contributed by atoms with Gasteiger partial charge in [-0.1, -0.05) is 0 Å². The molecule has 1 unspecified atom stereocenters. The highest BCUT2D eigenvalue weighted by Crippen LogP contribution is 2.22. The van der Waals surface area contributed by atoms with Crippen LogP contribution in [0.1, 0.15) is 0 Å². The average Bonchev–Trinajstić information content (AvgIpc) is 2.10. The summed E-state index contributed by atoms with van der Waals surface area (Å²) >= 11 is 0. The Hall–Kier alpha value is -0.240. The first-order valence-electron chi connectivity index (χ1n) is 4.46. The maximum atomic E-state index is 9.64. The molecule has 5 atom stereocenters. The third-order valence-corrected chi connectivity index (χ3v) is 2.46. The molecule has 1 saturated heterocycles. The number of aliphatic hydroxyl groups excluding tert-OH is 4. The van der Waals surface area contributed by atoms with E-state index in [-0.39, 0.29) is 0 Å². The van der Waals surface area contributed by atoms with Gasteiger partial charge in [-0.05, 0) is 14.1 Å². The van der Waals surface area contributed by atoms with Crippen LogP contribution >= 0.6 is 0 Å². The summed E-state index contributed by atoms with van der Waals surface area (Å²) in [6.45, 7) is -0.435. The van der Waals surface area contributed by atoms with Crippen LogP contribution in [0.5, 0.6) is 0 Å². The number of ether oxygens (including phenoxy) is 1. The number of hydrogen-bond acceptors (Lipinski definition) is 6. The lowest BCUT2D eigenvalue weighted by atomic mass is 9.96. The van der Waals surface area contributed by atoms with Crippen LogP contribution in [-0.2, 0) is 4.74 Å². The molecule has 0 aromatic rings. The van der Waals surface area contributed by atoms with Gasteiger partial charge in [0.2, 0.25) is 0 Å². The van der Waals surface area contributed by atoms with Gasteiger partial charge >= 0.3 is 0 Å². The maximum absolute atomic E-state index is 9.64. The minimum absolute atomic E-state index is 0.435. The molecule has 6 heteroatoms. The molecule has 14 heavy (non-hydrogen) atoms. The molecule has 0 saturated carbocycles. The molecule has 1 aliphatic rings. The molecular weight excluding hydrogens is 190 g/mol. The van der Waals surface area contributed by atoms with E-state index in [9.17, 15) is 15.3 Å². The highest BCUT2D eigenvalue weighted by molar-refractivity contribution is 4.92. The third kappa shape index (κ3) is 2.05. The molecular formula is C8H17NO5. The van der Waals surface area contributed by atoms with Crippen molar-refractivity contribution in [1.29, 1.82) is 0 Å². The topological polar surface area (TPSA) is 93.4 Å². The third-order valence-electron chi connectivity index (χ3n) is 2.46. The van der Waals surface area contributed by atoms with Crippen LogP contribution in [-0.4, -0.2) is 76.7 Å². The second-order valence-electron chi connectivity index (χ2n) is 3.68. The van der Waals surface area contributed by atoms with Crippen molar-refractivity contribution in [3.63, 3.8) is 0 Å². The Morgan fingerprint density at radius 1 is 1.14 bits per heavy atom. The molecule has 4 N–H and O–H groups in total. The van der Waals surface area contributed by atoms with Gasteiger partial charge in [0.15, 0.2) is 6.29 Å². The summed E-state index contributed by atoms with van der Waals surface area (Å²) in [5.41, 5.74) is 0. The Morgan fingerprint density at radius 3 is 2.14 bits per heavy atom. The van der Waals surface area contributed by atoms with Crippen molar-refractivity contribution in [2.45, 2.75) is 30.6 Å². The number of hydrogen-bond donors (Lipinski definition) is 4. The van der Waals surface area contributed by atoms with Crippen LogP contribution in [0.4, 0.5) is 0 Å². The quantitative estimate of drug-likeness (QED) is 0.395. The number of likely N-dealkylation sites (N-methyl/N-ethyl adjacent to an activating group) is 1. The summed E-state index contributed by atoms with van der Waals surface area (Å²) in [5, 5.41) is 37.4. The lowest BCUT2D eigenvalue weighted by molar-refractivity contribution is -0.268. The van der Waals surface area contributed by atoms with E-state index in [2.05, 4.69) is 0 Å². The molecule has 0 aliphatic carbocycles. The molecule has 0 amide bonds. The fraction of sp³-hybridized carbons (Fsp3) is 1.00. The Balaban J connectivity index is 2.74. The van der Waals surface area contributed by atoms with E-state index in [1.54, 1.807) is 19.0 Å². The second kappa shape index (κ2) is 4.52. The SMILES string of the molecule is CN(C)[C@H]1C(O)O[C@H](CO)[C@@H](O)[C@@H]1O. The maximum Gasteiger partial charge on any atom is 0.173 e. The van der Waals surface area contributed by atoms with E-state index in [1.165, 1.54) is 0 Å². The lowest BCUT2D eigenvalue weighted by Gasteiger charge is -2.42. The summed E-state index contributed by atoms with van der Waals surface area (Å²) in [7, 11) is 3.32. The molecule has 1 fully saturated rings. The van der Waals surface area contributed by atoms with E-state index in [4.69, 9.17) is 9.84 Å². The van der Waals surface area contributed by atoms with Crippen LogP contribution < -0.4 is 0 Å². The molecule has 1 heterocycles. The average molecular weight is 207 g/mol. The summed E-state index contributed by atoms with van der Waals surface area (Å²) in [4.78, 5) is 1.56. The first-order valence-corrected chi connectivity index (χ1v) is 4.46. The Labute approximate surface area is 82.3 Å². The van der Waals surface area contributed by atoms with Crippen LogP contribution in [0.3, 0.4) is 0 Å². The second-order valence-corrected chi connectivity index (χ2v) is 3.68. The summed E-state index contributed by atoms with van der Waals surface area (Å²) in [6.07, 6.45) is -4.46. The van der Waals surface area contributed by atoms with E-state index in [1.807, 2.05) is 0 Å². The van der Waals surface area contributed by atoms with Crippen molar-refractivity contribution < 1.29 is 25.2 Å². The van der Waals surface area contributed by atoms with Crippen LogP contribution in [0.15, 0.2) is 0 Å². The molecule has 1 rings (SSSR count). The predicted octanol–water partition coefficient (Wildman–Crippen LogP) is -2.65. The zero-order chi connectivity index (χ0) is 10.9. The zero-order valence-corrected chi connectivity index (χ0v) is 8.24. The highest BCUT2D eigenvalue weighted by Gasteiger charge is 2.44. The normalized spacial score (nSPS) is 44.4. The Bertz CT molecular complexity index is 189. The van der Waals surface area contributed by atoms with Gasteiger partial charge in [-0.25, -0.2) is 0 Å². The Morgan fingerprint density at radius 2 is 1.71 bits per heavy atom. The number of rotatable bonds is 2. The monoisotopic (exact) mass is 207 g/mol. The van der Waals surface area contributed by atoms with Gasteiger partial charge in [0.1, 0.15) is 18.3 Å². The number of aliphatic hydroxyl groups is 4. The van der Waals surface area contributed by atoms with Crippen molar-refractivity contribution in [2.75, 3.05) is 20.7 Å². The molecule has 0 radical (unpaired) electrons. The predicted molar refractivity (Wildman–Crippen MR) is 47.5 cm³/mol. The number of nitrogens with zero attached hydrogens (tertiary/aromatic N) is 1. The molecule has 0 bridgehead atoms. The molecule has 0 spiro atoms. The van der Waals surface area contributed by atoms with Gasteiger partial charge in [0, 0.05) is 0 Å². The summed E-state index contributed by atoms with van der Waals surface area (Å²) in [6, 6.07) is -0.687. The van der Waals surface area contributed by atoms with Crippen molar-refractivity contribution in [3.05, 3.63) is 0 Å². The van der Waals surface area contributed by atoms with Crippen molar-refractivity contribution >= 4 is 0 Å². The van der Waals surface area contributed by atoms with Crippen LogP contribution in [0.25, 0.3) is 0 Å².